The summed E-state index contributed by atoms with van der Waals surface area (Å²) in [6, 6.07) is 12.4. The van der Waals surface area contributed by atoms with Crippen LogP contribution in [0, 0.1) is 0 Å². The molecule has 0 fully saturated rings. The maximum absolute atomic E-state index is 6.69. The van der Waals surface area contributed by atoms with Crippen LogP contribution < -0.4 is 9.47 Å². The van der Waals surface area contributed by atoms with E-state index in [1.54, 1.807) is 0 Å². The van der Waals surface area contributed by atoms with Crippen LogP contribution in [0.5, 0.6) is 11.5 Å². The van der Waals surface area contributed by atoms with E-state index in [1.807, 2.05) is 24.3 Å². The summed E-state index contributed by atoms with van der Waals surface area (Å²) in [5.41, 5.74) is 3.41. The summed E-state index contributed by atoms with van der Waals surface area (Å²) in [6.07, 6.45) is 0. The summed E-state index contributed by atoms with van der Waals surface area (Å²) in [6.45, 7) is 30.2. The largest absolute Gasteiger partial charge is 0.491 e. The predicted molar refractivity (Wildman–Crippen MR) is 169 cm³/mol. The Bertz CT molecular complexity index is 862. The number of hydrogen-bond acceptors (Lipinski definition) is 4. The average molecular weight is 561 g/mol. The Morgan fingerprint density at radius 2 is 0.737 bits per heavy atom. The Balaban J connectivity index is 2.08. The molecule has 4 nitrogen and oxygen atoms in total. The summed E-state index contributed by atoms with van der Waals surface area (Å²) in [4.78, 5) is 0. The average Bonchev–Trinajstić information content (AvgIpc) is 2.82. The SMILES string of the molecule is CC(C)[Si](OCCOc1cccc2c(OCCO[Si](C(C)C)(C(C)C)C(C)C)cccc12)(C(C)C)C(C)C. The summed E-state index contributed by atoms with van der Waals surface area (Å²) in [5, 5.41) is 2.14. The van der Waals surface area contributed by atoms with E-state index in [0.29, 0.717) is 59.7 Å². The third-order valence-corrected chi connectivity index (χ3v) is 20.9. The van der Waals surface area contributed by atoms with Crippen molar-refractivity contribution in [2.45, 2.75) is 116 Å². The van der Waals surface area contributed by atoms with Gasteiger partial charge in [0.2, 0.25) is 0 Å². The molecule has 6 heteroatoms. The minimum atomic E-state index is -1.89. The first-order valence-electron chi connectivity index (χ1n) is 14.9. The molecular formula is C32H56O4Si2. The van der Waals surface area contributed by atoms with Gasteiger partial charge in [-0.1, -0.05) is 107 Å². The topological polar surface area (TPSA) is 36.9 Å². The fraction of sp³-hybridized carbons (Fsp3) is 0.688. The molecule has 0 unspecified atom stereocenters. The second-order valence-corrected chi connectivity index (χ2v) is 23.6. The molecule has 0 saturated carbocycles. The van der Waals surface area contributed by atoms with Crippen molar-refractivity contribution in [2.75, 3.05) is 26.4 Å². The molecule has 0 amide bonds. The molecule has 0 aliphatic heterocycles. The van der Waals surface area contributed by atoms with Crippen molar-refractivity contribution >= 4 is 27.4 Å². The molecule has 216 valence electrons. The first-order chi connectivity index (χ1) is 17.8. The van der Waals surface area contributed by atoms with Crippen molar-refractivity contribution in [3.05, 3.63) is 36.4 Å². The molecule has 0 atom stereocenters. The summed E-state index contributed by atoms with van der Waals surface area (Å²) in [5.74, 6) is 1.76. The standard InChI is InChI=1S/C32H56O4Si2/c1-23(2)37(24(3)4,25(5)6)35-21-19-33-31-17-13-16-30-29(31)15-14-18-32(30)34-20-22-36-38(26(7)8,27(9)10)28(11)12/h13-18,23-28H,19-22H2,1-12H3. The lowest BCUT2D eigenvalue weighted by Crippen LogP contribution is -2.48. The van der Waals surface area contributed by atoms with Gasteiger partial charge >= 0.3 is 0 Å². The van der Waals surface area contributed by atoms with Crippen LogP contribution in [0.15, 0.2) is 36.4 Å². The molecule has 0 heterocycles. The minimum absolute atomic E-state index is 0.547. The number of hydrogen-bond donors (Lipinski definition) is 0. The first kappa shape index (κ1) is 32.9. The normalized spacial score (nSPS) is 13.2. The molecule has 0 bridgehead atoms. The molecule has 0 radical (unpaired) electrons. The van der Waals surface area contributed by atoms with Gasteiger partial charge in [0.15, 0.2) is 16.6 Å². The highest BCUT2D eigenvalue weighted by Crippen LogP contribution is 2.43. The first-order valence-corrected chi connectivity index (χ1v) is 19.2. The lowest BCUT2D eigenvalue weighted by Gasteiger charge is -2.42. The molecule has 0 spiro atoms. The molecule has 0 N–H and O–H groups in total. The van der Waals surface area contributed by atoms with Gasteiger partial charge in [0.05, 0.1) is 13.2 Å². The zero-order valence-electron chi connectivity index (χ0n) is 26.4. The molecule has 2 aromatic rings. The number of fused-ring (bicyclic) bond motifs is 1. The lowest BCUT2D eigenvalue weighted by atomic mass is 10.1. The molecule has 38 heavy (non-hydrogen) atoms. The predicted octanol–water partition coefficient (Wildman–Crippen LogP) is 9.98. The van der Waals surface area contributed by atoms with Gasteiger partial charge < -0.3 is 18.3 Å². The summed E-state index contributed by atoms with van der Waals surface area (Å²) >= 11 is 0. The maximum Gasteiger partial charge on any atom is 0.200 e. The van der Waals surface area contributed by atoms with E-state index < -0.39 is 16.6 Å². The zero-order valence-corrected chi connectivity index (χ0v) is 28.4. The third kappa shape index (κ3) is 7.04. The van der Waals surface area contributed by atoms with E-state index in [2.05, 4.69) is 95.2 Å². The van der Waals surface area contributed by atoms with Crippen LogP contribution in [0.4, 0.5) is 0 Å². The molecule has 0 aliphatic rings. The van der Waals surface area contributed by atoms with E-state index >= 15 is 0 Å². The van der Waals surface area contributed by atoms with Gasteiger partial charge in [-0.25, -0.2) is 0 Å². The van der Waals surface area contributed by atoms with Crippen LogP contribution in [-0.4, -0.2) is 43.1 Å². The van der Waals surface area contributed by atoms with E-state index in [0.717, 1.165) is 22.3 Å². The van der Waals surface area contributed by atoms with E-state index in [9.17, 15) is 0 Å². The van der Waals surface area contributed by atoms with Gasteiger partial charge in [0, 0.05) is 10.8 Å². The Labute approximate surface area is 236 Å². The molecule has 2 rings (SSSR count). The highest BCUT2D eigenvalue weighted by molar-refractivity contribution is 6.78. The molecule has 0 aromatic heterocycles. The van der Waals surface area contributed by atoms with Crippen LogP contribution in [0.2, 0.25) is 33.2 Å². The smallest absolute Gasteiger partial charge is 0.200 e. The van der Waals surface area contributed by atoms with E-state index in [4.69, 9.17) is 18.3 Å². The highest BCUT2D eigenvalue weighted by atomic mass is 28.4. The van der Waals surface area contributed by atoms with E-state index in [-0.39, 0.29) is 0 Å². The van der Waals surface area contributed by atoms with Gasteiger partial charge in [-0.3, -0.25) is 0 Å². The lowest BCUT2D eigenvalue weighted by molar-refractivity contribution is 0.198. The Hall–Kier alpha value is -1.35. The molecular weight excluding hydrogens is 505 g/mol. The van der Waals surface area contributed by atoms with Gasteiger partial charge in [0.1, 0.15) is 24.7 Å². The van der Waals surface area contributed by atoms with Crippen LogP contribution in [0.25, 0.3) is 10.8 Å². The fourth-order valence-electron chi connectivity index (χ4n) is 7.24. The fourth-order valence-corrected chi connectivity index (χ4v) is 18.1. The Kier molecular flexibility index (Phi) is 12.4. The summed E-state index contributed by atoms with van der Waals surface area (Å²) in [7, 11) is -3.78. The van der Waals surface area contributed by atoms with Gasteiger partial charge in [-0.15, -0.1) is 0 Å². The van der Waals surface area contributed by atoms with Crippen molar-refractivity contribution < 1.29 is 18.3 Å². The number of rotatable bonds is 16. The highest BCUT2D eigenvalue weighted by Gasteiger charge is 2.45. The van der Waals surface area contributed by atoms with Crippen molar-refractivity contribution in [3.63, 3.8) is 0 Å². The monoisotopic (exact) mass is 560 g/mol. The van der Waals surface area contributed by atoms with Gasteiger partial charge in [0.25, 0.3) is 0 Å². The maximum atomic E-state index is 6.69. The van der Waals surface area contributed by atoms with Crippen LogP contribution in [0.3, 0.4) is 0 Å². The van der Waals surface area contributed by atoms with Crippen molar-refractivity contribution in [2.24, 2.45) is 0 Å². The summed E-state index contributed by atoms with van der Waals surface area (Å²) < 4.78 is 25.9. The van der Waals surface area contributed by atoms with E-state index in [1.165, 1.54) is 0 Å². The van der Waals surface area contributed by atoms with Crippen molar-refractivity contribution in [1.82, 2.24) is 0 Å². The number of benzene rings is 2. The third-order valence-electron chi connectivity index (χ3n) is 8.64. The Morgan fingerprint density at radius 1 is 0.447 bits per heavy atom. The van der Waals surface area contributed by atoms with Crippen LogP contribution >= 0.6 is 0 Å². The van der Waals surface area contributed by atoms with Crippen molar-refractivity contribution in [3.8, 4) is 11.5 Å². The molecule has 0 aliphatic carbocycles. The Morgan fingerprint density at radius 3 is 1.00 bits per heavy atom. The molecule has 0 saturated heterocycles. The van der Waals surface area contributed by atoms with Crippen molar-refractivity contribution in [1.29, 1.82) is 0 Å². The second-order valence-electron chi connectivity index (χ2n) is 12.6. The second kappa shape index (κ2) is 14.3. The molecule has 2 aromatic carbocycles. The van der Waals surface area contributed by atoms with Crippen LogP contribution in [0.1, 0.15) is 83.1 Å². The zero-order chi connectivity index (χ0) is 28.7. The number of ether oxygens (including phenoxy) is 2. The van der Waals surface area contributed by atoms with Gasteiger partial charge in [-0.05, 0) is 45.4 Å². The minimum Gasteiger partial charge on any atom is -0.491 e. The van der Waals surface area contributed by atoms with Gasteiger partial charge in [-0.2, -0.15) is 0 Å². The van der Waals surface area contributed by atoms with Crippen LogP contribution in [-0.2, 0) is 8.85 Å². The quantitative estimate of drug-likeness (QED) is 0.151.